The first-order valence-corrected chi connectivity index (χ1v) is 3.34. The minimum Gasteiger partial charge on any atom is -0.394 e. The van der Waals surface area contributed by atoms with Gasteiger partial charge in [-0.05, 0) is 6.42 Å². The summed E-state index contributed by atoms with van der Waals surface area (Å²) >= 11 is 0. The molecule has 1 unspecified atom stereocenters. The molecular formula is C5H11BO4. The van der Waals surface area contributed by atoms with Gasteiger partial charge in [0.05, 0.1) is 6.61 Å². The Morgan fingerprint density at radius 2 is 2.40 bits per heavy atom. The summed E-state index contributed by atoms with van der Waals surface area (Å²) in [4.78, 5) is 4.10. The van der Waals surface area contributed by atoms with Gasteiger partial charge in [0.15, 0.2) is 0 Å². The zero-order chi connectivity index (χ0) is 7.56. The fourth-order valence-electron chi connectivity index (χ4n) is 1.19. The maximum atomic E-state index is 8.67. The van der Waals surface area contributed by atoms with E-state index < -0.39 is 0 Å². The lowest BCUT2D eigenvalue weighted by Crippen LogP contribution is -2.26. The molecule has 10 heavy (non-hydrogen) atoms. The molecule has 5 heteroatoms. The largest absolute Gasteiger partial charge is 0.394 e. The van der Waals surface area contributed by atoms with Crippen LogP contribution in [0.3, 0.4) is 0 Å². The van der Waals surface area contributed by atoms with Crippen LogP contribution in [0, 0.1) is 0 Å². The fraction of sp³-hybridized carbons (Fsp3) is 1.00. The molecule has 0 saturated carbocycles. The highest BCUT2D eigenvalue weighted by atomic mass is 17.1. The molecule has 1 aliphatic heterocycles. The van der Waals surface area contributed by atoms with Crippen molar-refractivity contribution in [3.8, 4) is 0 Å². The van der Waals surface area contributed by atoms with Crippen LogP contribution in [-0.2, 0) is 9.62 Å². The lowest BCUT2D eigenvalue weighted by atomic mass is 9.96. The average molecular weight is 146 g/mol. The number of hydrogen-bond acceptors (Lipinski definition) is 4. The Labute approximate surface area is 60.1 Å². The minimum atomic E-state index is -0.361. The van der Waals surface area contributed by atoms with Gasteiger partial charge in [0.1, 0.15) is 20.1 Å². The van der Waals surface area contributed by atoms with E-state index >= 15 is 0 Å². The van der Waals surface area contributed by atoms with Crippen molar-refractivity contribution in [2.45, 2.75) is 24.6 Å². The molecule has 0 aromatic rings. The third-order valence-corrected chi connectivity index (χ3v) is 1.70. The summed E-state index contributed by atoms with van der Waals surface area (Å²) in [6.45, 7) is -0.102. The van der Waals surface area contributed by atoms with E-state index in [9.17, 15) is 0 Å². The zero-order valence-corrected chi connectivity index (χ0v) is 5.86. The Morgan fingerprint density at radius 3 is 2.80 bits per heavy atom. The van der Waals surface area contributed by atoms with Crippen molar-refractivity contribution in [2.75, 3.05) is 6.61 Å². The Kier molecular flexibility index (Phi) is 2.68. The van der Waals surface area contributed by atoms with Crippen molar-refractivity contribution >= 4 is 7.85 Å². The quantitative estimate of drug-likeness (QED) is 0.285. The van der Waals surface area contributed by atoms with E-state index in [0.29, 0.717) is 6.42 Å². The van der Waals surface area contributed by atoms with E-state index in [-0.39, 0.29) is 24.8 Å². The lowest BCUT2D eigenvalue weighted by molar-refractivity contribution is -0.288. The van der Waals surface area contributed by atoms with E-state index in [4.69, 9.17) is 15.1 Å². The molecule has 4 nitrogen and oxygen atoms in total. The Bertz CT molecular complexity index is 97.8. The Hall–Kier alpha value is -0.0951. The van der Waals surface area contributed by atoms with Gasteiger partial charge < -0.3 is 9.84 Å². The molecule has 1 saturated heterocycles. The van der Waals surface area contributed by atoms with Crippen LogP contribution in [0.25, 0.3) is 0 Å². The molecule has 1 heterocycles. The van der Waals surface area contributed by atoms with Gasteiger partial charge >= 0.3 is 0 Å². The highest BCUT2D eigenvalue weighted by Crippen LogP contribution is 2.19. The van der Waals surface area contributed by atoms with E-state index in [1.807, 2.05) is 7.85 Å². The molecular weight excluding hydrogens is 135 g/mol. The summed E-state index contributed by atoms with van der Waals surface area (Å²) in [6, 6.07) is 0.0642. The summed E-state index contributed by atoms with van der Waals surface area (Å²) in [5.41, 5.74) is 0. The van der Waals surface area contributed by atoms with Crippen molar-refractivity contribution in [1.29, 1.82) is 0 Å². The van der Waals surface area contributed by atoms with Crippen LogP contribution in [0.15, 0.2) is 0 Å². The van der Waals surface area contributed by atoms with E-state index in [0.717, 1.165) is 0 Å². The Morgan fingerprint density at radius 1 is 1.70 bits per heavy atom. The molecule has 0 aromatic heterocycles. The van der Waals surface area contributed by atoms with Gasteiger partial charge in [-0.3, -0.25) is 5.26 Å². The fourth-order valence-corrected chi connectivity index (χ4v) is 1.19. The second kappa shape index (κ2) is 3.34. The normalized spacial score (nSPS) is 40.4. The molecule has 1 rings (SSSR count). The van der Waals surface area contributed by atoms with Crippen LogP contribution < -0.4 is 0 Å². The maximum Gasteiger partial charge on any atom is 0.139 e. The van der Waals surface area contributed by atoms with Gasteiger partial charge in [-0.2, -0.15) is 0 Å². The summed E-state index contributed by atoms with van der Waals surface area (Å²) < 4.78 is 5.18. The molecule has 58 valence electrons. The molecule has 0 amide bonds. The molecule has 1 fully saturated rings. The molecule has 1 aliphatic rings. The monoisotopic (exact) mass is 146 g/mol. The third-order valence-electron chi connectivity index (χ3n) is 1.70. The smallest absolute Gasteiger partial charge is 0.139 e. The molecule has 0 radical (unpaired) electrons. The lowest BCUT2D eigenvalue weighted by Gasteiger charge is -2.11. The van der Waals surface area contributed by atoms with Crippen LogP contribution in [0.2, 0.25) is 0 Å². The predicted octanol–water partition coefficient (Wildman–Crippen LogP) is -1.41. The van der Waals surface area contributed by atoms with Gasteiger partial charge in [0, 0.05) is 6.00 Å². The van der Waals surface area contributed by atoms with Gasteiger partial charge in [0.25, 0.3) is 0 Å². The van der Waals surface area contributed by atoms with Crippen LogP contribution in [-0.4, -0.2) is 43.0 Å². The maximum absolute atomic E-state index is 8.67. The number of aliphatic hydroxyl groups excluding tert-OH is 1. The molecule has 2 N–H and O–H groups in total. The van der Waals surface area contributed by atoms with Crippen LogP contribution >= 0.6 is 0 Å². The summed E-state index contributed by atoms with van der Waals surface area (Å²) in [7, 11) is 1.88. The number of aliphatic hydroxyl groups is 1. The second-order valence-corrected chi connectivity index (χ2v) is 2.55. The second-order valence-electron chi connectivity index (χ2n) is 2.55. The van der Waals surface area contributed by atoms with E-state index in [1.54, 1.807) is 0 Å². The topological polar surface area (TPSA) is 58.9 Å². The highest BCUT2D eigenvalue weighted by Gasteiger charge is 2.33. The first kappa shape index (κ1) is 8.01. The van der Waals surface area contributed by atoms with Gasteiger partial charge in [0.2, 0.25) is 0 Å². The van der Waals surface area contributed by atoms with Crippen molar-refractivity contribution in [3.05, 3.63) is 0 Å². The number of rotatable bonds is 2. The van der Waals surface area contributed by atoms with Crippen molar-refractivity contribution in [2.24, 2.45) is 0 Å². The third kappa shape index (κ3) is 1.49. The molecule has 0 spiro atoms. The van der Waals surface area contributed by atoms with Gasteiger partial charge in [-0.15, -0.1) is 0 Å². The number of hydrogen-bond donors (Lipinski definition) is 2. The standard InChI is InChI=1S/C5H11BO4/c6-5-1-3(10-8)4(2-7)9-5/h3-5,7-8H,1-2,6H2/t3?,4-,5-/m1/s1. The highest BCUT2D eigenvalue weighted by molar-refractivity contribution is 6.11. The first-order chi connectivity index (χ1) is 4.77. The van der Waals surface area contributed by atoms with Crippen molar-refractivity contribution < 1.29 is 20.0 Å². The van der Waals surface area contributed by atoms with Crippen molar-refractivity contribution in [3.63, 3.8) is 0 Å². The van der Waals surface area contributed by atoms with Crippen LogP contribution in [0.4, 0.5) is 0 Å². The van der Waals surface area contributed by atoms with Crippen molar-refractivity contribution in [1.82, 2.24) is 0 Å². The molecule has 3 atom stereocenters. The summed E-state index contributed by atoms with van der Waals surface area (Å²) in [5.74, 6) is 0. The summed E-state index contributed by atoms with van der Waals surface area (Å²) in [5, 5.41) is 17.0. The Balaban J connectivity index is 2.41. The van der Waals surface area contributed by atoms with Crippen LogP contribution in [0.5, 0.6) is 0 Å². The van der Waals surface area contributed by atoms with E-state index in [2.05, 4.69) is 4.89 Å². The van der Waals surface area contributed by atoms with Gasteiger partial charge in [-0.1, -0.05) is 0 Å². The molecule has 0 aromatic carbocycles. The molecule has 0 bridgehead atoms. The average Bonchev–Trinajstić information content (AvgIpc) is 2.30. The zero-order valence-electron chi connectivity index (χ0n) is 5.86. The minimum absolute atomic E-state index is 0.0642. The SMILES string of the molecule is B[C@H]1CC(OO)[C@@H](CO)O1. The van der Waals surface area contributed by atoms with Gasteiger partial charge in [-0.25, -0.2) is 4.89 Å². The van der Waals surface area contributed by atoms with Crippen LogP contribution in [0.1, 0.15) is 6.42 Å². The number of ether oxygens (including phenoxy) is 1. The summed E-state index contributed by atoms with van der Waals surface area (Å²) in [6.07, 6.45) is -0.0816. The first-order valence-electron chi connectivity index (χ1n) is 3.34. The van der Waals surface area contributed by atoms with E-state index in [1.165, 1.54) is 0 Å². The molecule has 0 aliphatic carbocycles. The predicted molar refractivity (Wildman–Crippen MR) is 36.4 cm³/mol.